The van der Waals surface area contributed by atoms with Crippen molar-refractivity contribution in [1.82, 2.24) is 40.3 Å². The topological polar surface area (TPSA) is 362 Å². The second-order valence-corrected chi connectivity index (χ2v) is 15.7. The Morgan fingerprint density at radius 2 is 0.694 bits per heavy atom. The Balaban J connectivity index is 1.55. The van der Waals surface area contributed by atoms with Crippen molar-refractivity contribution in [2.24, 2.45) is 0 Å². The van der Waals surface area contributed by atoms with Gasteiger partial charge in [-0.3, -0.25) is 62.3 Å². The minimum Gasteiger partial charge on any atom is -0.341 e. The van der Waals surface area contributed by atoms with Gasteiger partial charge in [0, 0.05) is 110 Å². The maximum Gasteiger partial charge on any atom is 0.334 e. The van der Waals surface area contributed by atoms with Crippen molar-refractivity contribution < 1.29 is 101 Å². The molecule has 1 atom stereocenters. The van der Waals surface area contributed by atoms with Crippen molar-refractivity contribution >= 4 is 101 Å². The molecule has 1 unspecified atom stereocenters. The summed E-state index contributed by atoms with van der Waals surface area (Å²) in [7, 11) is 0. The fourth-order valence-electron chi connectivity index (χ4n) is 6.82. The molecule has 72 heavy (non-hydrogen) atoms. The van der Waals surface area contributed by atoms with Crippen LogP contribution in [0.1, 0.15) is 96.3 Å². The number of hydrogen-bond donors (Lipinski definition) is 1. The number of imide groups is 4. The molecule has 4 aliphatic rings. The van der Waals surface area contributed by atoms with Crippen molar-refractivity contribution in [1.29, 1.82) is 0 Å². The quantitative estimate of drug-likeness (QED) is 0.0489. The van der Waals surface area contributed by atoms with Crippen molar-refractivity contribution in [2.45, 2.75) is 102 Å². The first kappa shape index (κ1) is 55.7. The molecule has 29 nitrogen and oxygen atoms in total. The highest BCUT2D eigenvalue weighted by Gasteiger charge is 2.37. The monoisotopic (exact) mass is 1010 g/mol. The van der Waals surface area contributed by atoms with Crippen LogP contribution in [0.2, 0.25) is 0 Å². The van der Waals surface area contributed by atoms with E-state index in [0.717, 1.165) is 14.7 Å². The molecule has 4 aliphatic heterocycles. The Morgan fingerprint density at radius 1 is 0.431 bits per heavy atom. The first-order valence-electron chi connectivity index (χ1n) is 22.0. The third kappa shape index (κ3) is 16.1. The van der Waals surface area contributed by atoms with Crippen LogP contribution in [0.25, 0.3) is 0 Å². The van der Waals surface area contributed by atoms with E-state index in [-0.39, 0.29) is 71.6 Å². The van der Waals surface area contributed by atoms with Crippen molar-refractivity contribution in [3.05, 3.63) is 0 Å². The number of nitrogens with one attached hydrogen (secondary N) is 1. The summed E-state index contributed by atoms with van der Waals surface area (Å²) in [5.74, 6) is -12.9. The number of terminal acetylenes is 2. The second-order valence-electron chi connectivity index (χ2n) is 15.7. The molecule has 0 aromatic rings. The normalized spacial score (nSPS) is 15.8. The number of hydroxylamine groups is 8. The number of carbonyl (C=O) groups excluding carboxylic acids is 17. The molecule has 0 aromatic carbocycles. The van der Waals surface area contributed by atoms with E-state index in [1.54, 1.807) is 11.8 Å². The number of ketones is 1. The summed E-state index contributed by atoms with van der Waals surface area (Å²) >= 11 is 0. The molecule has 0 aliphatic carbocycles. The van der Waals surface area contributed by atoms with Crippen LogP contribution in [0, 0.1) is 24.7 Å². The molecule has 4 rings (SSSR count). The number of Topliss-reactive ketones (excluding diaryl/α,β-unsaturated/α-hetero) is 1. The van der Waals surface area contributed by atoms with Gasteiger partial charge in [0.1, 0.15) is 6.04 Å². The summed E-state index contributed by atoms with van der Waals surface area (Å²) in [5, 5.41) is 3.11. The molecule has 0 bridgehead atoms. The maximum atomic E-state index is 14.1. The minimum absolute atomic E-state index is 0.233. The zero-order valence-corrected chi connectivity index (χ0v) is 38.3. The smallest absolute Gasteiger partial charge is 0.334 e. The van der Waals surface area contributed by atoms with Gasteiger partial charge in [-0.1, -0.05) is 0 Å². The van der Waals surface area contributed by atoms with Gasteiger partial charge in [0.05, 0.1) is 25.7 Å². The number of carbonyl (C=O) groups is 17. The molecule has 384 valence electrons. The van der Waals surface area contributed by atoms with Gasteiger partial charge in [-0.2, -0.15) is 0 Å². The van der Waals surface area contributed by atoms with Crippen molar-refractivity contribution in [3.8, 4) is 24.7 Å². The lowest BCUT2D eigenvalue weighted by molar-refractivity contribution is -0.198. The van der Waals surface area contributed by atoms with E-state index >= 15 is 0 Å². The van der Waals surface area contributed by atoms with Crippen molar-refractivity contribution in [3.63, 3.8) is 0 Å². The van der Waals surface area contributed by atoms with E-state index in [4.69, 9.17) is 32.2 Å². The lowest BCUT2D eigenvalue weighted by Crippen LogP contribution is -2.51. The predicted octanol–water partition coefficient (Wildman–Crippen LogP) is -4.05. The SMILES string of the molecule is C#CC(=O)CC(NC(=O)C#C)C(=O)N(CCC(=O)N(CCC(=O)ON1C(=O)CCC1=O)CCC(=O)ON1C(=O)CCC1=O)CCC(=O)N(CCC(=O)ON1C(=O)CCC1=O)CCC(=O)ON1C(=O)CCC1=O. The zero-order chi connectivity index (χ0) is 53.2. The van der Waals surface area contributed by atoms with Gasteiger partial charge in [-0.25, -0.2) is 19.2 Å². The molecule has 0 saturated carbocycles. The van der Waals surface area contributed by atoms with E-state index in [1.807, 2.05) is 0 Å². The Kier molecular flexibility index (Phi) is 20.3. The largest absolute Gasteiger partial charge is 0.341 e. The Morgan fingerprint density at radius 3 is 0.944 bits per heavy atom. The molecule has 4 fully saturated rings. The highest BCUT2D eigenvalue weighted by Crippen LogP contribution is 2.18. The third-order valence-electron chi connectivity index (χ3n) is 10.6. The van der Waals surface area contributed by atoms with Gasteiger partial charge >= 0.3 is 23.9 Å². The fourth-order valence-corrected chi connectivity index (χ4v) is 6.82. The molecule has 29 heteroatoms. The van der Waals surface area contributed by atoms with Gasteiger partial charge in [0.25, 0.3) is 53.2 Å². The zero-order valence-electron chi connectivity index (χ0n) is 38.3. The summed E-state index contributed by atoms with van der Waals surface area (Å²) in [6.45, 7) is -3.66. The third-order valence-corrected chi connectivity index (χ3v) is 10.6. The average molecular weight is 1010 g/mol. The van der Waals surface area contributed by atoms with Crippen LogP contribution < -0.4 is 5.32 Å². The lowest BCUT2D eigenvalue weighted by Gasteiger charge is -2.29. The Labute approximate surface area is 407 Å². The van der Waals surface area contributed by atoms with E-state index < -0.39 is 191 Å². The summed E-state index contributed by atoms with van der Waals surface area (Å²) in [6.07, 6.45) is 3.44. The lowest BCUT2D eigenvalue weighted by atomic mass is 10.1. The van der Waals surface area contributed by atoms with E-state index in [1.165, 1.54) is 0 Å². The first-order chi connectivity index (χ1) is 34.1. The molecule has 0 radical (unpaired) electrons. The van der Waals surface area contributed by atoms with Crippen LogP contribution in [0.5, 0.6) is 0 Å². The summed E-state index contributed by atoms with van der Waals surface area (Å²) in [5.41, 5.74) is 0. The van der Waals surface area contributed by atoms with E-state index in [2.05, 4.69) is 5.32 Å². The molecule has 1 N–H and O–H groups in total. The number of nitrogens with zero attached hydrogens (tertiary/aromatic N) is 7. The average Bonchev–Trinajstić information content (AvgIpc) is 4.05. The van der Waals surface area contributed by atoms with Gasteiger partial charge in [-0.05, 0) is 11.8 Å². The summed E-state index contributed by atoms with van der Waals surface area (Å²) in [4.78, 5) is 236. The number of rotatable bonds is 26. The van der Waals surface area contributed by atoms with Gasteiger partial charge in [0.15, 0.2) is 0 Å². The molecule has 12 amide bonds. The van der Waals surface area contributed by atoms with Crippen LogP contribution in [-0.4, -0.2) is 181 Å². The molecular weight excluding hydrogens is 965 g/mol. The summed E-state index contributed by atoms with van der Waals surface area (Å²) < 4.78 is 0. The molecule has 4 heterocycles. The fraction of sp³-hybridized carbons (Fsp3) is 0.512. The standard InChI is InChI=1S/C43H46N8O21/c1-3-26(52)25-27(44-28(53)4-2)43(68)47(19-13-29(54)45(21-15-39(64)69-48-31(56)5-6-32(48)57)22-16-40(65)70-49-33(58)7-8-34(49)59)20-14-30(55)46(23-17-41(66)71-50-35(60)9-10-36(50)61)24-18-42(67)72-51-37(62)11-12-38(51)63/h1-2,27H,5-25H2,(H,44,53). The highest BCUT2D eigenvalue weighted by atomic mass is 16.7. The van der Waals surface area contributed by atoms with Crippen LogP contribution in [-0.2, 0) is 101 Å². The first-order valence-corrected chi connectivity index (χ1v) is 22.0. The van der Waals surface area contributed by atoms with Crippen LogP contribution in [0.4, 0.5) is 0 Å². The predicted molar refractivity (Wildman–Crippen MR) is 225 cm³/mol. The minimum atomic E-state index is -1.80. The second kappa shape index (κ2) is 26.2. The summed E-state index contributed by atoms with van der Waals surface area (Å²) in [6, 6.07) is -1.80. The Hall–Kier alpha value is -8.89. The van der Waals surface area contributed by atoms with Crippen molar-refractivity contribution in [2.75, 3.05) is 39.3 Å². The van der Waals surface area contributed by atoms with Gasteiger partial charge < -0.3 is 39.4 Å². The van der Waals surface area contributed by atoms with E-state index in [9.17, 15) is 81.5 Å². The number of amides is 12. The molecule has 4 saturated heterocycles. The van der Waals surface area contributed by atoms with Crippen LogP contribution in [0.3, 0.4) is 0 Å². The van der Waals surface area contributed by atoms with E-state index in [0.29, 0.717) is 0 Å². The number of hydrogen-bond acceptors (Lipinski definition) is 21. The maximum absolute atomic E-state index is 14.1. The Bertz CT molecular complexity index is 2090. The molecule has 0 spiro atoms. The van der Waals surface area contributed by atoms with Crippen LogP contribution >= 0.6 is 0 Å². The van der Waals surface area contributed by atoms with Crippen LogP contribution in [0.15, 0.2) is 0 Å². The van der Waals surface area contributed by atoms with Gasteiger partial charge in [-0.15, -0.1) is 33.1 Å². The van der Waals surface area contributed by atoms with Gasteiger partial charge in [0.2, 0.25) is 23.5 Å². The highest BCUT2D eigenvalue weighted by molar-refractivity contribution is 6.04. The molecular formula is C43H46N8O21. The molecule has 0 aromatic heterocycles.